The molecule has 0 amide bonds. The molecule has 1 aromatic heterocycles. The number of hydrogen-bond donors (Lipinski definition) is 1. The van der Waals surface area contributed by atoms with Crippen molar-refractivity contribution in [1.29, 1.82) is 0 Å². The van der Waals surface area contributed by atoms with E-state index in [1.807, 2.05) is 24.1 Å². The smallest absolute Gasteiger partial charge is 0.175 e. The third-order valence-corrected chi connectivity index (χ3v) is 4.09. The van der Waals surface area contributed by atoms with Gasteiger partial charge in [0, 0.05) is 32.2 Å². The molecule has 5 nitrogen and oxygen atoms in total. The normalized spacial score (nSPS) is 11.3. The van der Waals surface area contributed by atoms with Gasteiger partial charge in [0.1, 0.15) is 0 Å². The van der Waals surface area contributed by atoms with Gasteiger partial charge in [-0.3, -0.25) is 4.98 Å². The SMILES string of the molecule is CN(Cc1cccnc1)c1ccc(S(C)(=O)=O)cc1N. The van der Waals surface area contributed by atoms with Crippen LogP contribution in [-0.2, 0) is 16.4 Å². The van der Waals surface area contributed by atoms with Gasteiger partial charge in [0.25, 0.3) is 0 Å². The summed E-state index contributed by atoms with van der Waals surface area (Å²) < 4.78 is 23.0. The van der Waals surface area contributed by atoms with E-state index in [4.69, 9.17) is 5.73 Å². The van der Waals surface area contributed by atoms with Crippen molar-refractivity contribution in [3.8, 4) is 0 Å². The van der Waals surface area contributed by atoms with E-state index >= 15 is 0 Å². The molecule has 2 N–H and O–H groups in total. The van der Waals surface area contributed by atoms with Crippen molar-refractivity contribution in [3.05, 3.63) is 48.3 Å². The molecule has 0 unspecified atom stereocenters. The number of nitrogen functional groups attached to an aromatic ring is 1. The number of anilines is 2. The zero-order chi connectivity index (χ0) is 14.8. The lowest BCUT2D eigenvalue weighted by molar-refractivity contribution is 0.602. The highest BCUT2D eigenvalue weighted by Crippen LogP contribution is 2.26. The zero-order valence-electron chi connectivity index (χ0n) is 11.4. The maximum Gasteiger partial charge on any atom is 0.175 e. The van der Waals surface area contributed by atoms with Crippen molar-refractivity contribution >= 4 is 21.2 Å². The van der Waals surface area contributed by atoms with E-state index in [-0.39, 0.29) is 4.90 Å². The van der Waals surface area contributed by atoms with Crippen molar-refractivity contribution in [2.75, 3.05) is 23.9 Å². The third kappa shape index (κ3) is 3.27. The first-order chi connectivity index (χ1) is 9.38. The average Bonchev–Trinajstić information content (AvgIpc) is 2.38. The van der Waals surface area contributed by atoms with Gasteiger partial charge in [-0.2, -0.15) is 0 Å². The molecule has 0 saturated heterocycles. The van der Waals surface area contributed by atoms with Gasteiger partial charge in [0.15, 0.2) is 9.84 Å². The molecule has 0 bridgehead atoms. The van der Waals surface area contributed by atoms with Crippen LogP contribution < -0.4 is 10.6 Å². The number of nitrogens with two attached hydrogens (primary N) is 1. The van der Waals surface area contributed by atoms with E-state index in [0.29, 0.717) is 12.2 Å². The van der Waals surface area contributed by atoms with Gasteiger partial charge in [0.05, 0.1) is 16.3 Å². The largest absolute Gasteiger partial charge is 0.397 e. The molecular weight excluding hydrogens is 274 g/mol. The summed E-state index contributed by atoms with van der Waals surface area (Å²) >= 11 is 0. The lowest BCUT2D eigenvalue weighted by Crippen LogP contribution is -2.18. The fraction of sp³-hybridized carbons (Fsp3) is 0.214. The van der Waals surface area contributed by atoms with Gasteiger partial charge in [-0.1, -0.05) is 6.07 Å². The Balaban J connectivity index is 2.25. The van der Waals surface area contributed by atoms with Crippen LogP contribution in [0.1, 0.15) is 5.56 Å². The van der Waals surface area contributed by atoms with E-state index in [0.717, 1.165) is 11.3 Å². The number of pyridine rings is 1. The lowest BCUT2D eigenvalue weighted by atomic mass is 10.2. The number of hydrogen-bond acceptors (Lipinski definition) is 5. The third-order valence-electron chi connectivity index (χ3n) is 2.98. The monoisotopic (exact) mass is 291 g/mol. The molecule has 106 valence electrons. The molecular formula is C14H17N3O2S. The first kappa shape index (κ1) is 14.3. The Kier molecular flexibility index (Phi) is 3.94. The first-order valence-electron chi connectivity index (χ1n) is 6.07. The average molecular weight is 291 g/mol. The Labute approximate surface area is 119 Å². The summed E-state index contributed by atoms with van der Waals surface area (Å²) in [6, 6.07) is 8.64. The second-order valence-electron chi connectivity index (χ2n) is 4.71. The Morgan fingerprint density at radius 3 is 2.60 bits per heavy atom. The van der Waals surface area contributed by atoms with E-state index in [1.165, 1.54) is 12.3 Å². The molecule has 0 radical (unpaired) electrons. The molecule has 1 heterocycles. The highest BCUT2D eigenvalue weighted by Gasteiger charge is 2.12. The second kappa shape index (κ2) is 5.50. The molecule has 0 saturated carbocycles. The van der Waals surface area contributed by atoms with Gasteiger partial charge in [-0.15, -0.1) is 0 Å². The van der Waals surface area contributed by atoms with Gasteiger partial charge >= 0.3 is 0 Å². The van der Waals surface area contributed by atoms with Gasteiger partial charge in [-0.05, 0) is 29.8 Å². The standard InChI is InChI=1S/C14H17N3O2S/c1-17(10-11-4-3-7-16-9-11)14-6-5-12(8-13(14)15)20(2,18)19/h3-9H,10,15H2,1-2H3. The molecule has 2 rings (SSSR count). The van der Waals surface area contributed by atoms with Gasteiger partial charge in [0.2, 0.25) is 0 Å². The summed E-state index contributed by atoms with van der Waals surface area (Å²) in [6.07, 6.45) is 4.68. The first-order valence-corrected chi connectivity index (χ1v) is 7.96. The fourth-order valence-electron chi connectivity index (χ4n) is 1.96. The Morgan fingerprint density at radius 1 is 1.30 bits per heavy atom. The topological polar surface area (TPSA) is 76.3 Å². The van der Waals surface area contributed by atoms with Crippen LogP contribution >= 0.6 is 0 Å². The van der Waals surface area contributed by atoms with Crippen molar-refractivity contribution in [2.45, 2.75) is 11.4 Å². The molecule has 20 heavy (non-hydrogen) atoms. The molecule has 0 aliphatic heterocycles. The van der Waals surface area contributed by atoms with E-state index in [9.17, 15) is 8.42 Å². The maximum absolute atomic E-state index is 11.5. The highest BCUT2D eigenvalue weighted by atomic mass is 32.2. The maximum atomic E-state index is 11.5. The number of rotatable bonds is 4. The van der Waals surface area contributed by atoms with Crippen molar-refractivity contribution < 1.29 is 8.42 Å². The van der Waals surface area contributed by atoms with Crippen LogP contribution in [0.25, 0.3) is 0 Å². The Bertz CT molecular complexity index is 700. The Morgan fingerprint density at radius 2 is 2.05 bits per heavy atom. The molecule has 0 fully saturated rings. The summed E-state index contributed by atoms with van der Waals surface area (Å²) in [7, 11) is -1.33. The quantitative estimate of drug-likeness (QED) is 0.868. The van der Waals surface area contributed by atoms with Crippen LogP contribution in [0.3, 0.4) is 0 Å². The predicted molar refractivity (Wildman–Crippen MR) is 80.3 cm³/mol. The summed E-state index contributed by atoms with van der Waals surface area (Å²) in [5.41, 5.74) is 8.24. The fourth-order valence-corrected chi connectivity index (χ4v) is 2.62. The molecule has 0 spiro atoms. The summed E-state index contributed by atoms with van der Waals surface area (Å²) in [5, 5.41) is 0. The molecule has 0 aliphatic rings. The van der Waals surface area contributed by atoms with Gasteiger partial charge < -0.3 is 10.6 Å². The molecule has 0 aliphatic carbocycles. The Hall–Kier alpha value is -2.08. The van der Waals surface area contributed by atoms with Crippen LogP contribution in [-0.4, -0.2) is 26.7 Å². The molecule has 2 aromatic rings. The lowest BCUT2D eigenvalue weighted by Gasteiger charge is -2.21. The minimum Gasteiger partial charge on any atom is -0.397 e. The van der Waals surface area contributed by atoms with Crippen molar-refractivity contribution in [2.24, 2.45) is 0 Å². The number of sulfone groups is 1. The minimum atomic E-state index is -3.24. The van der Waals surface area contributed by atoms with E-state index < -0.39 is 9.84 Å². The molecule has 1 aromatic carbocycles. The predicted octanol–water partition coefficient (Wildman–Crippen LogP) is 1.70. The zero-order valence-corrected chi connectivity index (χ0v) is 12.3. The van der Waals surface area contributed by atoms with Crippen LogP contribution in [0.15, 0.2) is 47.6 Å². The summed E-state index contributed by atoms with van der Waals surface area (Å²) in [4.78, 5) is 6.25. The number of nitrogens with zero attached hydrogens (tertiary/aromatic N) is 2. The van der Waals surface area contributed by atoms with Crippen LogP contribution in [0.2, 0.25) is 0 Å². The minimum absolute atomic E-state index is 0.230. The second-order valence-corrected chi connectivity index (χ2v) is 6.73. The number of benzene rings is 1. The molecule has 0 atom stereocenters. The summed E-state index contributed by atoms with van der Waals surface area (Å²) in [5.74, 6) is 0. The van der Waals surface area contributed by atoms with Crippen LogP contribution in [0.4, 0.5) is 11.4 Å². The number of aromatic nitrogens is 1. The van der Waals surface area contributed by atoms with Crippen LogP contribution in [0, 0.1) is 0 Å². The van der Waals surface area contributed by atoms with Crippen LogP contribution in [0.5, 0.6) is 0 Å². The highest BCUT2D eigenvalue weighted by molar-refractivity contribution is 7.90. The van der Waals surface area contributed by atoms with Crippen molar-refractivity contribution in [3.63, 3.8) is 0 Å². The van der Waals surface area contributed by atoms with Gasteiger partial charge in [-0.25, -0.2) is 8.42 Å². The van der Waals surface area contributed by atoms with E-state index in [2.05, 4.69) is 4.98 Å². The molecule has 6 heteroatoms. The summed E-state index contributed by atoms with van der Waals surface area (Å²) in [6.45, 7) is 0.649. The van der Waals surface area contributed by atoms with E-state index in [1.54, 1.807) is 24.5 Å². The van der Waals surface area contributed by atoms with Crippen molar-refractivity contribution in [1.82, 2.24) is 4.98 Å².